The highest BCUT2D eigenvalue weighted by Crippen LogP contribution is 2.29. The number of benzene rings is 2. The lowest BCUT2D eigenvalue weighted by Crippen LogP contribution is -2.24. The second-order valence-corrected chi connectivity index (χ2v) is 7.48. The standard InChI is InChI=1S/C24H18ClFN4O2/c1-15(31)30(20-6-5-16-7-9-27-14-18(16)11-20)22-13-19(8-10-28-22)29-23(32)12-17-3-2-4-21(26)24(17)25/h2-11,13-14H,12H2,1H3,(H,28,29,32). The number of aromatic nitrogens is 2. The number of amides is 2. The number of halogens is 2. The number of carbonyl (C=O) groups is 2. The number of nitrogens with zero attached hydrogens (tertiary/aromatic N) is 3. The van der Waals surface area contributed by atoms with E-state index in [9.17, 15) is 14.0 Å². The van der Waals surface area contributed by atoms with Gasteiger partial charge in [0.2, 0.25) is 11.8 Å². The van der Waals surface area contributed by atoms with Gasteiger partial charge in [0.1, 0.15) is 11.6 Å². The molecule has 2 amide bonds. The van der Waals surface area contributed by atoms with Crippen molar-refractivity contribution in [1.29, 1.82) is 0 Å². The molecule has 2 aromatic heterocycles. The summed E-state index contributed by atoms with van der Waals surface area (Å²) >= 11 is 5.94. The van der Waals surface area contributed by atoms with Crippen LogP contribution in [0.4, 0.5) is 21.6 Å². The number of carbonyl (C=O) groups excluding carboxylic acids is 2. The number of fused-ring (bicyclic) bond motifs is 1. The van der Waals surface area contributed by atoms with Crippen LogP contribution in [-0.4, -0.2) is 21.8 Å². The number of rotatable bonds is 5. The third kappa shape index (κ3) is 4.58. The van der Waals surface area contributed by atoms with Crippen molar-refractivity contribution in [2.45, 2.75) is 13.3 Å². The zero-order valence-corrected chi connectivity index (χ0v) is 17.8. The van der Waals surface area contributed by atoms with Crippen molar-refractivity contribution in [2.24, 2.45) is 0 Å². The van der Waals surface area contributed by atoms with Crippen molar-refractivity contribution in [3.8, 4) is 0 Å². The Hall–Kier alpha value is -3.84. The molecule has 0 fully saturated rings. The van der Waals surface area contributed by atoms with Gasteiger partial charge in [-0.1, -0.05) is 29.8 Å². The van der Waals surface area contributed by atoms with Crippen LogP contribution in [0.25, 0.3) is 10.8 Å². The first-order valence-electron chi connectivity index (χ1n) is 9.75. The Balaban J connectivity index is 1.59. The molecule has 8 heteroatoms. The average molecular weight is 449 g/mol. The van der Waals surface area contributed by atoms with Crippen LogP contribution in [0.15, 0.2) is 73.2 Å². The molecular formula is C24H18ClFN4O2. The smallest absolute Gasteiger partial charge is 0.229 e. The highest BCUT2D eigenvalue weighted by Gasteiger charge is 2.17. The molecule has 4 aromatic rings. The molecule has 0 aliphatic heterocycles. The fourth-order valence-electron chi connectivity index (χ4n) is 3.37. The van der Waals surface area contributed by atoms with Crippen molar-refractivity contribution in [3.63, 3.8) is 0 Å². The van der Waals surface area contributed by atoms with Crippen LogP contribution in [0.1, 0.15) is 12.5 Å². The van der Waals surface area contributed by atoms with Crippen LogP contribution in [-0.2, 0) is 16.0 Å². The van der Waals surface area contributed by atoms with Crippen molar-refractivity contribution in [1.82, 2.24) is 9.97 Å². The van der Waals surface area contributed by atoms with E-state index in [1.165, 1.54) is 30.2 Å². The van der Waals surface area contributed by atoms with Crippen LogP contribution in [0.5, 0.6) is 0 Å². The molecular weight excluding hydrogens is 431 g/mol. The second-order valence-electron chi connectivity index (χ2n) is 7.10. The Morgan fingerprint density at radius 2 is 1.91 bits per heavy atom. The minimum Gasteiger partial charge on any atom is -0.326 e. The van der Waals surface area contributed by atoms with E-state index in [1.54, 1.807) is 30.6 Å². The molecule has 0 saturated carbocycles. The van der Waals surface area contributed by atoms with Gasteiger partial charge >= 0.3 is 0 Å². The Labute approximate surface area is 188 Å². The molecule has 0 aliphatic carbocycles. The van der Waals surface area contributed by atoms with Crippen molar-refractivity contribution >= 4 is 51.4 Å². The Kier molecular flexibility index (Phi) is 6.09. The molecule has 1 N–H and O–H groups in total. The van der Waals surface area contributed by atoms with Crippen LogP contribution < -0.4 is 10.2 Å². The minimum absolute atomic E-state index is 0.0772. The molecule has 0 unspecified atom stereocenters. The predicted octanol–water partition coefficient (Wildman–Crippen LogP) is 5.29. The van der Waals surface area contributed by atoms with E-state index in [2.05, 4.69) is 15.3 Å². The maximum absolute atomic E-state index is 13.6. The molecule has 6 nitrogen and oxygen atoms in total. The summed E-state index contributed by atoms with van der Waals surface area (Å²) in [5, 5.41) is 4.55. The third-order valence-corrected chi connectivity index (χ3v) is 5.26. The van der Waals surface area contributed by atoms with Crippen LogP contribution in [0, 0.1) is 5.82 Å². The normalized spacial score (nSPS) is 10.7. The molecule has 0 atom stereocenters. The summed E-state index contributed by atoms with van der Waals surface area (Å²) in [7, 11) is 0. The molecule has 32 heavy (non-hydrogen) atoms. The number of anilines is 3. The lowest BCUT2D eigenvalue weighted by Gasteiger charge is -2.21. The lowest BCUT2D eigenvalue weighted by molar-refractivity contribution is -0.116. The first-order valence-corrected chi connectivity index (χ1v) is 10.1. The van der Waals surface area contributed by atoms with Gasteiger partial charge < -0.3 is 5.32 Å². The first kappa shape index (κ1) is 21.4. The summed E-state index contributed by atoms with van der Waals surface area (Å²) in [6.07, 6.45) is 4.83. The van der Waals surface area contributed by atoms with Crippen LogP contribution in [0.3, 0.4) is 0 Å². The summed E-state index contributed by atoms with van der Waals surface area (Å²) in [5.74, 6) is -0.843. The van der Waals surface area contributed by atoms with Crippen molar-refractivity contribution in [2.75, 3.05) is 10.2 Å². The summed E-state index contributed by atoms with van der Waals surface area (Å²) in [6.45, 7) is 1.44. The fraction of sp³-hybridized carbons (Fsp3) is 0.0833. The third-order valence-electron chi connectivity index (χ3n) is 4.84. The Morgan fingerprint density at radius 3 is 2.72 bits per heavy atom. The van der Waals surface area contributed by atoms with Gasteiger partial charge in [-0.3, -0.25) is 19.5 Å². The molecule has 0 bridgehead atoms. The molecule has 4 rings (SSSR count). The highest BCUT2D eigenvalue weighted by molar-refractivity contribution is 6.31. The maximum Gasteiger partial charge on any atom is 0.229 e. The molecule has 0 radical (unpaired) electrons. The zero-order chi connectivity index (χ0) is 22.7. The van der Waals surface area contributed by atoms with Crippen molar-refractivity contribution < 1.29 is 14.0 Å². The zero-order valence-electron chi connectivity index (χ0n) is 17.0. The molecule has 2 aromatic carbocycles. The average Bonchev–Trinajstić information content (AvgIpc) is 2.77. The summed E-state index contributed by atoms with van der Waals surface area (Å²) in [6, 6.07) is 15.0. The SMILES string of the molecule is CC(=O)N(c1ccc2ccncc2c1)c1cc(NC(=O)Cc2cccc(F)c2Cl)ccn1. The van der Waals surface area contributed by atoms with E-state index in [0.717, 1.165) is 10.8 Å². The number of nitrogens with one attached hydrogen (secondary N) is 1. The summed E-state index contributed by atoms with van der Waals surface area (Å²) < 4.78 is 13.6. The fourth-order valence-corrected chi connectivity index (χ4v) is 3.56. The lowest BCUT2D eigenvalue weighted by atomic mass is 10.1. The van der Waals surface area contributed by atoms with Crippen molar-refractivity contribution in [3.05, 3.63) is 89.6 Å². The largest absolute Gasteiger partial charge is 0.326 e. The van der Waals surface area contributed by atoms with Crippen LogP contribution >= 0.6 is 11.6 Å². The van der Waals surface area contributed by atoms with E-state index in [1.807, 2.05) is 24.3 Å². The highest BCUT2D eigenvalue weighted by atomic mass is 35.5. The predicted molar refractivity (Wildman–Crippen MR) is 123 cm³/mol. The van der Waals surface area contributed by atoms with Crippen LogP contribution in [0.2, 0.25) is 5.02 Å². The summed E-state index contributed by atoms with van der Waals surface area (Å²) in [5.41, 5.74) is 1.45. The van der Waals surface area contributed by atoms with Gasteiger partial charge in [0, 0.05) is 42.7 Å². The quantitative estimate of drug-likeness (QED) is 0.450. The Morgan fingerprint density at radius 1 is 1.06 bits per heavy atom. The van der Waals surface area contributed by atoms with Gasteiger partial charge in [-0.05, 0) is 41.3 Å². The number of hydrogen-bond donors (Lipinski definition) is 1. The van der Waals surface area contributed by atoms with Gasteiger partial charge in [0.15, 0.2) is 0 Å². The topological polar surface area (TPSA) is 75.2 Å². The number of hydrogen-bond acceptors (Lipinski definition) is 4. The maximum atomic E-state index is 13.6. The van der Waals surface area contributed by atoms with Gasteiger partial charge in [0.25, 0.3) is 0 Å². The van der Waals surface area contributed by atoms with E-state index in [4.69, 9.17) is 11.6 Å². The first-order chi connectivity index (χ1) is 15.4. The van der Waals surface area contributed by atoms with Gasteiger partial charge in [0.05, 0.1) is 17.1 Å². The second kappa shape index (κ2) is 9.11. The minimum atomic E-state index is -0.578. The Bertz CT molecular complexity index is 1330. The summed E-state index contributed by atoms with van der Waals surface area (Å²) in [4.78, 5) is 34.8. The molecule has 0 aliphatic rings. The van der Waals surface area contributed by atoms with Gasteiger partial charge in [-0.2, -0.15) is 0 Å². The van der Waals surface area contributed by atoms with Gasteiger partial charge in [-0.15, -0.1) is 0 Å². The van der Waals surface area contributed by atoms with E-state index in [0.29, 0.717) is 22.8 Å². The molecule has 2 heterocycles. The van der Waals surface area contributed by atoms with E-state index < -0.39 is 5.82 Å². The number of pyridine rings is 2. The molecule has 160 valence electrons. The molecule has 0 saturated heterocycles. The van der Waals surface area contributed by atoms with E-state index in [-0.39, 0.29) is 23.3 Å². The monoisotopic (exact) mass is 448 g/mol. The molecule has 0 spiro atoms. The van der Waals surface area contributed by atoms with E-state index >= 15 is 0 Å². The van der Waals surface area contributed by atoms with Gasteiger partial charge in [-0.25, -0.2) is 9.37 Å².